The molecule has 1 N–H and O–H groups in total. The molecule has 16 heavy (non-hydrogen) atoms. The van der Waals surface area contributed by atoms with E-state index in [9.17, 15) is 0 Å². The first-order chi connectivity index (χ1) is 7.90. The van der Waals surface area contributed by atoms with Gasteiger partial charge in [-0.2, -0.15) is 5.10 Å². The third-order valence-corrected chi connectivity index (χ3v) is 3.57. The molecule has 1 aliphatic rings. The predicted molar refractivity (Wildman–Crippen MR) is 66.3 cm³/mol. The quantitative estimate of drug-likeness (QED) is 0.799. The highest BCUT2D eigenvalue weighted by Gasteiger charge is 2.24. The molecule has 1 heterocycles. The van der Waals surface area contributed by atoms with Crippen molar-refractivity contribution in [3.8, 4) is 0 Å². The van der Waals surface area contributed by atoms with Gasteiger partial charge < -0.3 is 5.32 Å². The molecule has 1 fully saturated rings. The van der Waals surface area contributed by atoms with Crippen molar-refractivity contribution in [3.63, 3.8) is 0 Å². The second-order valence-electron chi connectivity index (χ2n) is 4.83. The Hall–Kier alpha value is -0.830. The number of rotatable bonds is 6. The Morgan fingerprint density at radius 1 is 1.44 bits per heavy atom. The fourth-order valence-electron chi connectivity index (χ4n) is 2.68. The van der Waals surface area contributed by atoms with Crippen molar-refractivity contribution in [2.45, 2.75) is 51.6 Å². The third kappa shape index (κ3) is 3.08. The lowest BCUT2D eigenvalue weighted by Crippen LogP contribution is -2.39. The Labute approximate surface area is 98.2 Å². The summed E-state index contributed by atoms with van der Waals surface area (Å²) in [4.78, 5) is 0. The summed E-state index contributed by atoms with van der Waals surface area (Å²) in [7, 11) is 0. The molecule has 2 rings (SSSR count). The van der Waals surface area contributed by atoms with Crippen LogP contribution in [0.5, 0.6) is 0 Å². The van der Waals surface area contributed by atoms with Crippen LogP contribution in [-0.2, 0) is 6.54 Å². The van der Waals surface area contributed by atoms with E-state index >= 15 is 0 Å². The molecule has 0 aliphatic heterocycles. The molecular weight excluding hydrogens is 198 g/mol. The Morgan fingerprint density at radius 3 is 2.88 bits per heavy atom. The van der Waals surface area contributed by atoms with Crippen molar-refractivity contribution >= 4 is 0 Å². The second kappa shape index (κ2) is 6.04. The zero-order valence-electron chi connectivity index (χ0n) is 10.2. The van der Waals surface area contributed by atoms with Gasteiger partial charge in [0.05, 0.1) is 6.54 Å². The van der Waals surface area contributed by atoms with E-state index in [0.29, 0.717) is 6.04 Å². The van der Waals surface area contributed by atoms with E-state index in [4.69, 9.17) is 0 Å². The highest BCUT2D eigenvalue weighted by atomic mass is 15.3. The van der Waals surface area contributed by atoms with Crippen LogP contribution in [-0.4, -0.2) is 22.4 Å². The van der Waals surface area contributed by atoms with Crippen LogP contribution in [0, 0.1) is 5.92 Å². The number of hydrogen-bond acceptors (Lipinski definition) is 2. The zero-order valence-corrected chi connectivity index (χ0v) is 10.2. The van der Waals surface area contributed by atoms with E-state index in [0.717, 1.165) is 19.0 Å². The summed E-state index contributed by atoms with van der Waals surface area (Å²) in [5.41, 5.74) is 0. The van der Waals surface area contributed by atoms with Gasteiger partial charge in [-0.1, -0.05) is 19.8 Å². The number of aromatic nitrogens is 2. The fourth-order valence-corrected chi connectivity index (χ4v) is 2.68. The average molecular weight is 221 g/mol. The standard InChI is InChI=1S/C13H23N3/c1-2-8-14-13(12-6-3-4-7-12)11-16-10-5-9-15-16/h5,9-10,12-14H,2-4,6-8,11H2,1H3. The smallest absolute Gasteiger partial charge is 0.0565 e. The summed E-state index contributed by atoms with van der Waals surface area (Å²) in [5, 5.41) is 8.00. The largest absolute Gasteiger partial charge is 0.312 e. The maximum atomic E-state index is 4.31. The topological polar surface area (TPSA) is 29.9 Å². The maximum absolute atomic E-state index is 4.31. The van der Waals surface area contributed by atoms with Crippen molar-refractivity contribution in [3.05, 3.63) is 18.5 Å². The highest BCUT2D eigenvalue weighted by molar-refractivity contribution is 4.84. The van der Waals surface area contributed by atoms with Gasteiger partial charge in [-0.25, -0.2) is 0 Å². The van der Waals surface area contributed by atoms with Gasteiger partial charge in [0, 0.05) is 18.4 Å². The first kappa shape index (κ1) is 11.6. The molecule has 1 atom stereocenters. The first-order valence-corrected chi connectivity index (χ1v) is 6.61. The SMILES string of the molecule is CCCNC(Cn1cccn1)C1CCCC1. The molecule has 90 valence electrons. The lowest BCUT2D eigenvalue weighted by Gasteiger charge is -2.24. The van der Waals surface area contributed by atoms with E-state index in [-0.39, 0.29) is 0 Å². The molecule has 0 amide bonds. The summed E-state index contributed by atoms with van der Waals surface area (Å²) < 4.78 is 2.06. The van der Waals surface area contributed by atoms with Crippen molar-refractivity contribution < 1.29 is 0 Å². The number of hydrogen-bond donors (Lipinski definition) is 1. The number of nitrogens with zero attached hydrogens (tertiary/aromatic N) is 2. The van der Waals surface area contributed by atoms with Crippen LogP contribution in [0.1, 0.15) is 39.0 Å². The summed E-state index contributed by atoms with van der Waals surface area (Å²) >= 11 is 0. The van der Waals surface area contributed by atoms with Gasteiger partial charge in [0.2, 0.25) is 0 Å². The normalized spacial score (nSPS) is 19.1. The summed E-state index contributed by atoms with van der Waals surface area (Å²) in [6.45, 7) is 4.38. The molecule has 1 unspecified atom stereocenters. The summed E-state index contributed by atoms with van der Waals surface area (Å²) in [6, 6.07) is 2.62. The minimum absolute atomic E-state index is 0.613. The molecule has 0 radical (unpaired) electrons. The minimum atomic E-state index is 0.613. The average Bonchev–Trinajstić information content (AvgIpc) is 2.96. The van der Waals surface area contributed by atoms with Crippen LogP contribution in [0.15, 0.2) is 18.5 Å². The van der Waals surface area contributed by atoms with Gasteiger partial charge in [-0.15, -0.1) is 0 Å². The van der Waals surface area contributed by atoms with Crippen molar-refractivity contribution in [2.75, 3.05) is 6.54 Å². The molecular formula is C13H23N3. The van der Waals surface area contributed by atoms with Crippen LogP contribution in [0.25, 0.3) is 0 Å². The van der Waals surface area contributed by atoms with E-state index in [1.54, 1.807) is 0 Å². The molecule has 0 aromatic carbocycles. The van der Waals surface area contributed by atoms with Crippen LogP contribution in [0.2, 0.25) is 0 Å². The Bertz CT molecular complexity index is 275. The lowest BCUT2D eigenvalue weighted by molar-refractivity contribution is 0.312. The number of nitrogens with one attached hydrogen (secondary N) is 1. The minimum Gasteiger partial charge on any atom is -0.312 e. The van der Waals surface area contributed by atoms with E-state index in [1.807, 2.05) is 12.3 Å². The van der Waals surface area contributed by atoms with Crippen LogP contribution >= 0.6 is 0 Å². The van der Waals surface area contributed by atoms with E-state index < -0.39 is 0 Å². The Kier molecular flexibility index (Phi) is 4.40. The van der Waals surface area contributed by atoms with E-state index in [1.165, 1.54) is 32.1 Å². The van der Waals surface area contributed by atoms with Gasteiger partial charge in [0.1, 0.15) is 0 Å². The molecule has 0 saturated heterocycles. The van der Waals surface area contributed by atoms with Crippen LogP contribution < -0.4 is 5.32 Å². The monoisotopic (exact) mass is 221 g/mol. The Balaban J connectivity index is 1.90. The molecule has 1 aromatic heterocycles. The van der Waals surface area contributed by atoms with Gasteiger partial charge in [-0.05, 0) is 37.8 Å². The Morgan fingerprint density at radius 2 is 2.25 bits per heavy atom. The van der Waals surface area contributed by atoms with Gasteiger partial charge in [0.25, 0.3) is 0 Å². The van der Waals surface area contributed by atoms with Crippen molar-refractivity contribution in [2.24, 2.45) is 5.92 Å². The highest BCUT2D eigenvalue weighted by Crippen LogP contribution is 2.28. The molecule has 1 aliphatic carbocycles. The van der Waals surface area contributed by atoms with E-state index in [2.05, 4.69) is 28.2 Å². The van der Waals surface area contributed by atoms with Crippen LogP contribution in [0.4, 0.5) is 0 Å². The molecule has 0 bridgehead atoms. The fraction of sp³-hybridized carbons (Fsp3) is 0.769. The summed E-state index contributed by atoms with van der Waals surface area (Å²) in [6.07, 6.45) is 10.7. The predicted octanol–water partition coefficient (Wildman–Crippen LogP) is 2.44. The zero-order chi connectivity index (χ0) is 11.2. The van der Waals surface area contributed by atoms with Crippen LogP contribution in [0.3, 0.4) is 0 Å². The first-order valence-electron chi connectivity index (χ1n) is 6.61. The molecule has 0 spiro atoms. The molecule has 3 heteroatoms. The summed E-state index contributed by atoms with van der Waals surface area (Å²) in [5.74, 6) is 0.857. The molecule has 3 nitrogen and oxygen atoms in total. The van der Waals surface area contributed by atoms with Crippen molar-refractivity contribution in [1.82, 2.24) is 15.1 Å². The molecule has 1 saturated carbocycles. The van der Waals surface area contributed by atoms with Crippen molar-refractivity contribution in [1.29, 1.82) is 0 Å². The molecule has 1 aromatic rings. The van der Waals surface area contributed by atoms with Gasteiger partial charge >= 0.3 is 0 Å². The maximum Gasteiger partial charge on any atom is 0.0565 e. The lowest BCUT2D eigenvalue weighted by atomic mass is 9.98. The third-order valence-electron chi connectivity index (χ3n) is 3.57. The second-order valence-corrected chi connectivity index (χ2v) is 4.83. The van der Waals surface area contributed by atoms with Gasteiger partial charge in [0.15, 0.2) is 0 Å². The van der Waals surface area contributed by atoms with Gasteiger partial charge in [-0.3, -0.25) is 4.68 Å².